The minimum Gasteiger partial charge on any atom is -0.466 e. The molecule has 1 aliphatic heterocycles. The van der Waals surface area contributed by atoms with Gasteiger partial charge in [-0.05, 0) is 62.4 Å². The Bertz CT molecular complexity index is 805. The van der Waals surface area contributed by atoms with Crippen molar-refractivity contribution >= 4 is 18.0 Å². The molecule has 1 heterocycles. The van der Waals surface area contributed by atoms with Crippen molar-refractivity contribution in [1.82, 2.24) is 9.80 Å². The number of amides is 1. The molecule has 0 radical (unpaired) electrons. The van der Waals surface area contributed by atoms with Crippen LogP contribution in [0.1, 0.15) is 189 Å². The maximum Gasteiger partial charge on any atom is 0.409 e. The Labute approximate surface area is 314 Å². The first-order chi connectivity index (χ1) is 24.8. The normalized spacial score (nSPS) is 14.4. The highest BCUT2D eigenvalue weighted by molar-refractivity contribution is 5.74. The lowest BCUT2D eigenvalue weighted by atomic mass is 9.73. The Morgan fingerprint density at radius 3 is 1.33 bits per heavy atom. The van der Waals surface area contributed by atoms with Gasteiger partial charge in [0.15, 0.2) is 0 Å². The maximum absolute atomic E-state index is 13.4. The van der Waals surface area contributed by atoms with Crippen molar-refractivity contribution in [3.63, 3.8) is 0 Å². The second-order valence-corrected chi connectivity index (χ2v) is 15.6. The van der Waals surface area contributed by atoms with E-state index < -0.39 is 5.41 Å². The molecule has 0 spiro atoms. The van der Waals surface area contributed by atoms with Gasteiger partial charge >= 0.3 is 18.0 Å². The number of unbranched alkanes of at least 4 members (excludes halogenated alkanes) is 8. The Kier molecular flexibility index (Phi) is 28.3. The number of carbonyl (C=O) groups excluding carboxylic acids is 3. The van der Waals surface area contributed by atoms with Gasteiger partial charge in [-0.1, -0.05) is 144 Å². The molecule has 300 valence electrons. The number of hydrogen-bond acceptors (Lipinski definition) is 7. The topological polar surface area (TPSA) is 85.4 Å². The number of ether oxygens (including phenoxy) is 3. The molecule has 0 aliphatic carbocycles. The van der Waals surface area contributed by atoms with E-state index in [1.54, 1.807) is 4.90 Å². The Morgan fingerprint density at radius 2 is 0.961 bits per heavy atom. The summed E-state index contributed by atoms with van der Waals surface area (Å²) in [6.07, 6.45) is 23.4. The van der Waals surface area contributed by atoms with Gasteiger partial charge in [0.2, 0.25) is 0 Å². The van der Waals surface area contributed by atoms with Gasteiger partial charge in [0.25, 0.3) is 0 Å². The summed E-state index contributed by atoms with van der Waals surface area (Å²) in [7, 11) is 0. The molecule has 51 heavy (non-hydrogen) atoms. The minimum atomic E-state index is -0.572. The lowest BCUT2D eigenvalue weighted by Gasteiger charge is -2.40. The second kappa shape index (κ2) is 30.6. The summed E-state index contributed by atoms with van der Waals surface area (Å²) in [5, 5.41) is 0. The van der Waals surface area contributed by atoms with Gasteiger partial charge in [-0.3, -0.25) is 9.59 Å². The second-order valence-electron chi connectivity index (χ2n) is 15.6. The lowest BCUT2D eigenvalue weighted by Crippen LogP contribution is -2.45. The van der Waals surface area contributed by atoms with Crippen molar-refractivity contribution in [2.75, 3.05) is 52.5 Å². The average molecular weight is 723 g/mol. The highest BCUT2D eigenvalue weighted by atomic mass is 16.6. The first kappa shape index (κ1) is 47.2. The number of hydrogen-bond donors (Lipinski definition) is 0. The van der Waals surface area contributed by atoms with E-state index in [0.717, 1.165) is 38.9 Å². The highest BCUT2D eigenvalue weighted by Crippen LogP contribution is 2.40. The molecule has 0 saturated carbocycles. The molecule has 0 N–H and O–H groups in total. The number of piperidine rings is 1. The average Bonchev–Trinajstić information content (AvgIpc) is 3.11. The zero-order chi connectivity index (χ0) is 37.6. The molecule has 1 rings (SSSR count). The van der Waals surface area contributed by atoms with E-state index in [-0.39, 0.29) is 30.9 Å². The molecular weight excluding hydrogens is 640 g/mol. The molecule has 0 aromatic carbocycles. The first-order valence-corrected chi connectivity index (χ1v) is 21.7. The molecular formula is C43H82N2O6. The molecule has 8 heteroatoms. The molecule has 1 saturated heterocycles. The fourth-order valence-corrected chi connectivity index (χ4v) is 7.65. The van der Waals surface area contributed by atoms with Crippen LogP contribution in [0.4, 0.5) is 4.79 Å². The Morgan fingerprint density at radius 1 is 0.549 bits per heavy atom. The molecule has 0 aromatic rings. The van der Waals surface area contributed by atoms with Crippen molar-refractivity contribution in [2.45, 2.75) is 189 Å². The van der Waals surface area contributed by atoms with Crippen LogP contribution in [0.15, 0.2) is 0 Å². The molecule has 0 aromatic heterocycles. The van der Waals surface area contributed by atoms with E-state index in [1.165, 1.54) is 103 Å². The van der Waals surface area contributed by atoms with E-state index in [0.29, 0.717) is 57.6 Å². The predicted molar refractivity (Wildman–Crippen MR) is 211 cm³/mol. The van der Waals surface area contributed by atoms with E-state index in [1.807, 2.05) is 0 Å². The van der Waals surface area contributed by atoms with Crippen LogP contribution < -0.4 is 0 Å². The molecule has 0 bridgehead atoms. The van der Waals surface area contributed by atoms with E-state index in [2.05, 4.69) is 46.4 Å². The van der Waals surface area contributed by atoms with Crippen LogP contribution in [0.5, 0.6) is 0 Å². The van der Waals surface area contributed by atoms with Gasteiger partial charge in [0.1, 0.15) is 0 Å². The van der Waals surface area contributed by atoms with Gasteiger partial charge in [-0.15, -0.1) is 0 Å². The van der Waals surface area contributed by atoms with Crippen LogP contribution in [0.2, 0.25) is 0 Å². The smallest absolute Gasteiger partial charge is 0.409 e. The largest absolute Gasteiger partial charge is 0.466 e. The van der Waals surface area contributed by atoms with E-state index in [4.69, 9.17) is 14.2 Å². The van der Waals surface area contributed by atoms with Crippen molar-refractivity contribution in [3.8, 4) is 0 Å². The molecule has 0 unspecified atom stereocenters. The van der Waals surface area contributed by atoms with Crippen LogP contribution in [-0.4, -0.2) is 80.4 Å². The van der Waals surface area contributed by atoms with Crippen LogP contribution in [0.3, 0.4) is 0 Å². The van der Waals surface area contributed by atoms with Crippen LogP contribution in [-0.2, 0) is 23.8 Å². The van der Waals surface area contributed by atoms with Crippen molar-refractivity contribution in [1.29, 1.82) is 0 Å². The zero-order valence-electron chi connectivity index (χ0n) is 34.4. The summed E-state index contributed by atoms with van der Waals surface area (Å²) >= 11 is 0. The maximum atomic E-state index is 13.4. The van der Waals surface area contributed by atoms with Crippen LogP contribution in [0.25, 0.3) is 0 Å². The number of nitrogens with zero attached hydrogens (tertiary/aromatic N) is 2. The van der Waals surface area contributed by atoms with Gasteiger partial charge in [-0.2, -0.15) is 0 Å². The standard InChI is InChI=1S/C43H82N2O6/c1-7-13-17-22-38(23-18-14-8-2)26-34-49-40(46)36-43(28-31-45(32-29-43)42(48)51-33-21-30-44(11-5)12-6)37-41(47)50-35-27-39(24-19-15-9-3)25-20-16-10-4/h38-39H,7-37H2,1-6H3. The predicted octanol–water partition coefficient (Wildman–Crippen LogP) is 11.1. The van der Waals surface area contributed by atoms with Crippen molar-refractivity contribution in [2.24, 2.45) is 17.3 Å². The monoisotopic (exact) mass is 723 g/mol. The third-order valence-electron chi connectivity index (χ3n) is 11.3. The highest BCUT2D eigenvalue weighted by Gasteiger charge is 2.41. The first-order valence-electron chi connectivity index (χ1n) is 21.7. The van der Waals surface area contributed by atoms with E-state index >= 15 is 0 Å². The number of likely N-dealkylation sites (tertiary alicyclic amines) is 1. The third kappa shape index (κ3) is 22.8. The lowest BCUT2D eigenvalue weighted by molar-refractivity contribution is -0.152. The Hall–Kier alpha value is -1.83. The van der Waals surface area contributed by atoms with Gasteiger partial charge in [0, 0.05) is 19.6 Å². The zero-order valence-corrected chi connectivity index (χ0v) is 34.4. The van der Waals surface area contributed by atoms with Gasteiger partial charge in [-0.25, -0.2) is 4.79 Å². The summed E-state index contributed by atoms with van der Waals surface area (Å²) in [6, 6.07) is 0. The molecule has 1 aliphatic rings. The van der Waals surface area contributed by atoms with Gasteiger partial charge in [0.05, 0.1) is 32.7 Å². The quantitative estimate of drug-likeness (QED) is 0.0388. The fourth-order valence-electron chi connectivity index (χ4n) is 7.65. The van der Waals surface area contributed by atoms with Crippen LogP contribution >= 0.6 is 0 Å². The third-order valence-corrected chi connectivity index (χ3v) is 11.3. The van der Waals surface area contributed by atoms with Crippen LogP contribution in [0, 0.1) is 17.3 Å². The summed E-state index contributed by atoms with van der Waals surface area (Å²) in [5.41, 5.74) is -0.572. The minimum absolute atomic E-state index is 0.182. The fraction of sp³-hybridized carbons (Fsp3) is 0.930. The summed E-state index contributed by atoms with van der Waals surface area (Å²) in [4.78, 5) is 43.7. The summed E-state index contributed by atoms with van der Waals surface area (Å²) < 4.78 is 17.4. The van der Waals surface area contributed by atoms with Crippen molar-refractivity contribution in [3.05, 3.63) is 0 Å². The summed E-state index contributed by atoms with van der Waals surface area (Å²) in [6.45, 7) is 18.3. The SMILES string of the molecule is CCCCCC(CCCCC)CCOC(=O)CC1(CC(=O)OCCC(CCCCC)CCCCC)CCN(C(=O)OCCCN(CC)CC)CC1. The molecule has 8 nitrogen and oxygen atoms in total. The number of esters is 2. The summed E-state index contributed by atoms with van der Waals surface area (Å²) in [5.74, 6) is 0.716. The van der Waals surface area contributed by atoms with Gasteiger partial charge < -0.3 is 24.0 Å². The molecule has 0 atom stereocenters. The van der Waals surface area contributed by atoms with E-state index in [9.17, 15) is 14.4 Å². The number of carbonyl (C=O) groups is 3. The molecule has 1 amide bonds. The Balaban J connectivity index is 2.81. The number of rotatable bonds is 32. The molecule has 1 fully saturated rings. The van der Waals surface area contributed by atoms with Crippen molar-refractivity contribution < 1.29 is 28.6 Å².